The summed E-state index contributed by atoms with van der Waals surface area (Å²) < 4.78 is 3.37. The second-order valence-corrected chi connectivity index (χ2v) is 4.60. The van der Waals surface area contributed by atoms with Crippen LogP contribution in [0.5, 0.6) is 0 Å². The highest BCUT2D eigenvalue weighted by atomic mass is 16.2. The van der Waals surface area contributed by atoms with E-state index < -0.39 is 17.2 Å². The minimum atomic E-state index is -0.486. The van der Waals surface area contributed by atoms with Crippen LogP contribution in [0.4, 0.5) is 5.69 Å². The Morgan fingerprint density at radius 1 is 1.30 bits per heavy atom. The number of nitriles is 1. The first-order chi connectivity index (χ1) is 10.9. The number of hydrazone groups is 1. The SMILES string of the molecule is Cn1c(=O)n(-c2cccc(N/N=C(\C#N)C(=N)N)c2)c(=O)n1C. The standard InChI is InChI=1S/C13H14N8O2/c1-19-12(22)21(13(23)20(19)2)9-5-3-4-8(6-9)17-18-10(7-14)11(15)16/h3-6,17H,1-2H3,(H3,15,16)/b18-10+. The van der Waals surface area contributed by atoms with E-state index in [0.717, 1.165) is 4.57 Å². The number of rotatable bonds is 4. The third-order valence-electron chi connectivity index (χ3n) is 3.15. The lowest BCUT2D eigenvalue weighted by Gasteiger charge is -2.04. The summed E-state index contributed by atoms with van der Waals surface area (Å²) in [5.74, 6) is -0.468. The number of nitrogens with zero attached hydrogens (tertiary/aromatic N) is 5. The minimum absolute atomic E-state index is 0.275. The van der Waals surface area contributed by atoms with Gasteiger partial charge in [-0.05, 0) is 18.2 Å². The summed E-state index contributed by atoms with van der Waals surface area (Å²) in [6, 6.07) is 8.02. The quantitative estimate of drug-likeness (QED) is 0.380. The Balaban J connectivity index is 2.45. The highest BCUT2D eigenvalue weighted by Crippen LogP contribution is 2.12. The zero-order valence-electron chi connectivity index (χ0n) is 12.4. The number of nitrogens with one attached hydrogen (secondary N) is 2. The van der Waals surface area contributed by atoms with Crippen molar-refractivity contribution in [3.8, 4) is 11.8 Å². The highest BCUT2D eigenvalue weighted by molar-refractivity contribution is 6.45. The van der Waals surface area contributed by atoms with Gasteiger partial charge in [-0.3, -0.25) is 10.8 Å². The molecule has 2 rings (SSSR count). The highest BCUT2D eigenvalue weighted by Gasteiger charge is 2.12. The molecule has 0 fully saturated rings. The molecule has 0 bridgehead atoms. The molecule has 0 aliphatic rings. The molecule has 1 aromatic heterocycles. The zero-order valence-corrected chi connectivity index (χ0v) is 12.4. The van der Waals surface area contributed by atoms with Gasteiger partial charge < -0.3 is 5.73 Å². The molecular formula is C13H14N8O2. The van der Waals surface area contributed by atoms with Crippen molar-refractivity contribution in [1.82, 2.24) is 13.9 Å². The molecule has 118 valence electrons. The molecule has 10 heteroatoms. The van der Waals surface area contributed by atoms with Gasteiger partial charge in [-0.15, -0.1) is 0 Å². The topological polar surface area (TPSA) is 147 Å². The molecule has 0 atom stereocenters. The number of amidine groups is 1. The number of aromatic nitrogens is 3. The Labute approximate surface area is 130 Å². The molecule has 0 spiro atoms. The summed E-state index contributed by atoms with van der Waals surface area (Å²) in [7, 11) is 2.97. The third-order valence-corrected chi connectivity index (χ3v) is 3.15. The minimum Gasteiger partial charge on any atom is -0.382 e. The van der Waals surface area contributed by atoms with Gasteiger partial charge in [0.15, 0.2) is 5.84 Å². The van der Waals surface area contributed by atoms with E-state index in [0.29, 0.717) is 11.4 Å². The van der Waals surface area contributed by atoms with Crippen LogP contribution in [-0.4, -0.2) is 25.5 Å². The molecule has 4 N–H and O–H groups in total. The molecule has 1 aromatic carbocycles. The van der Waals surface area contributed by atoms with Crippen LogP contribution in [0.3, 0.4) is 0 Å². The first kappa shape index (κ1) is 15.8. The van der Waals surface area contributed by atoms with Crippen molar-refractivity contribution in [3.05, 3.63) is 45.2 Å². The fraction of sp³-hybridized carbons (Fsp3) is 0.154. The van der Waals surface area contributed by atoms with E-state index in [1.54, 1.807) is 24.3 Å². The fourth-order valence-electron chi connectivity index (χ4n) is 1.83. The Kier molecular flexibility index (Phi) is 4.13. The molecular weight excluding hydrogens is 300 g/mol. The number of hydrogen-bond donors (Lipinski definition) is 3. The van der Waals surface area contributed by atoms with Crippen molar-refractivity contribution in [1.29, 1.82) is 10.7 Å². The molecule has 0 saturated carbocycles. The predicted octanol–water partition coefficient (Wildman–Crippen LogP) is -0.898. The van der Waals surface area contributed by atoms with E-state index in [1.165, 1.54) is 29.5 Å². The molecule has 2 aromatic rings. The van der Waals surface area contributed by atoms with Crippen molar-refractivity contribution >= 4 is 17.2 Å². The van der Waals surface area contributed by atoms with Crippen molar-refractivity contribution in [2.24, 2.45) is 24.9 Å². The smallest absolute Gasteiger partial charge is 0.351 e. The first-order valence-electron chi connectivity index (χ1n) is 6.40. The monoisotopic (exact) mass is 314 g/mol. The van der Waals surface area contributed by atoms with Crippen LogP contribution in [-0.2, 0) is 14.1 Å². The van der Waals surface area contributed by atoms with Crippen LogP contribution in [0.25, 0.3) is 5.69 Å². The molecule has 23 heavy (non-hydrogen) atoms. The van der Waals surface area contributed by atoms with Crippen LogP contribution in [0.15, 0.2) is 39.0 Å². The Bertz CT molecular complexity index is 920. The summed E-state index contributed by atoms with van der Waals surface area (Å²) in [6.07, 6.45) is 0. The Morgan fingerprint density at radius 2 is 1.91 bits per heavy atom. The molecule has 0 radical (unpaired) electrons. The van der Waals surface area contributed by atoms with E-state index in [-0.39, 0.29) is 5.71 Å². The second-order valence-electron chi connectivity index (χ2n) is 4.60. The van der Waals surface area contributed by atoms with Crippen LogP contribution in [0, 0.1) is 16.7 Å². The number of benzene rings is 1. The van der Waals surface area contributed by atoms with Crippen molar-refractivity contribution in [2.45, 2.75) is 0 Å². The molecule has 0 saturated heterocycles. The van der Waals surface area contributed by atoms with E-state index in [4.69, 9.17) is 16.4 Å². The molecule has 0 unspecified atom stereocenters. The van der Waals surface area contributed by atoms with Gasteiger partial charge in [0, 0.05) is 14.1 Å². The Morgan fingerprint density at radius 3 is 2.43 bits per heavy atom. The van der Waals surface area contributed by atoms with E-state index in [2.05, 4.69) is 10.5 Å². The summed E-state index contributed by atoms with van der Waals surface area (Å²) in [5.41, 5.74) is 7.27. The fourth-order valence-corrected chi connectivity index (χ4v) is 1.83. The van der Waals surface area contributed by atoms with E-state index >= 15 is 0 Å². The largest absolute Gasteiger partial charge is 0.382 e. The molecule has 1 heterocycles. The van der Waals surface area contributed by atoms with Gasteiger partial charge in [-0.1, -0.05) is 6.07 Å². The lowest BCUT2D eigenvalue weighted by atomic mass is 10.3. The normalized spacial score (nSPS) is 11.1. The summed E-state index contributed by atoms with van der Waals surface area (Å²) in [4.78, 5) is 24.2. The zero-order chi connectivity index (χ0) is 17.1. The van der Waals surface area contributed by atoms with Gasteiger partial charge in [0.25, 0.3) is 0 Å². The summed E-state index contributed by atoms with van der Waals surface area (Å²) >= 11 is 0. The lowest BCUT2D eigenvalue weighted by molar-refractivity contribution is 0.565. The molecule has 10 nitrogen and oxygen atoms in total. The van der Waals surface area contributed by atoms with Crippen LogP contribution in [0.2, 0.25) is 0 Å². The molecule has 0 amide bonds. The van der Waals surface area contributed by atoms with Gasteiger partial charge in [0.1, 0.15) is 6.07 Å². The van der Waals surface area contributed by atoms with Crippen LogP contribution < -0.4 is 22.5 Å². The molecule has 0 aliphatic carbocycles. The number of anilines is 1. The number of hydrogen-bond acceptors (Lipinski definition) is 6. The van der Waals surface area contributed by atoms with Crippen LogP contribution >= 0.6 is 0 Å². The Hall–Kier alpha value is -3.61. The van der Waals surface area contributed by atoms with Gasteiger partial charge in [-0.2, -0.15) is 10.4 Å². The summed E-state index contributed by atoms with van der Waals surface area (Å²) in [5, 5.41) is 19.6. The van der Waals surface area contributed by atoms with Crippen molar-refractivity contribution in [2.75, 3.05) is 5.43 Å². The maximum absolute atomic E-state index is 12.1. The average molecular weight is 314 g/mol. The first-order valence-corrected chi connectivity index (χ1v) is 6.40. The van der Waals surface area contributed by atoms with Gasteiger partial charge in [0.05, 0.1) is 11.4 Å². The maximum atomic E-state index is 12.1. The molecule has 0 aliphatic heterocycles. The van der Waals surface area contributed by atoms with Crippen molar-refractivity contribution in [3.63, 3.8) is 0 Å². The second kappa shape index (κ2) is 6.02. The average Bonchev–Trinajstić information content (AvgIpc) is 2.71. The van der Waals surface area contributed by atoms with Crippen LogP contribution in [0.1, 0.15) is 0 Å². The maximum Gasteiger partial charge on any atom is 0.351 e. The van der Waals surface area contributed by atoms with Gasteiger partial charge in [0.2, 0.25) is 5.71 Å². The van der Waals surface area contributed by atoms with Gasteiger partial charge >= 0.3 is 11.4 Å². The van der Waals surface area contributed by atoms with Gasteiger partial charge in [-0.25, -0.2) is 23.5 Å². The van der Waals surface area contributed by atoms with E-state index in [9.17, 15) is 9.59 Å². The summed E-state index contributed by atoms with van der Waals surface area (Å²) in [6.45, 7) is 0. The lowest BCUT2D eigenvalue weighted by Crippen LogP contribution is -2.26. The third kappa shape index (κ3) is 2.88. The number of nitrogens with two attached hydrogens (primary N) is 1. The van der Waals surface area contributed by atoms with Crippen molar-refractivity contribution < 1.29 is 0 Å². The van der Waals surface area contributed by atoms with E-state index in [1.807, 2.05) is 0 Å². The predicted molar refractivity (Wildman–Crippen MR) is 84.8 cm³/mol.